The van der Waals surface area contributed by atoms with E-state index >= 15 is 0 Å². The van der Waals surface area contributed by atoms with Crippen molar-refractivity contribution in [3.63, 3.8) is 0 Å². The largest absolute Gasteiger partial charge is 0.449 e. The van der Waals surface area contributed by atoms with Crippen molar-refractivity contribution < 1.29 is 18.7 Å². The van der Waals surface area contributed by atoms with Crippen LogP contribution in [0.2, 0.25) is 0 Å². The lowest BCUT2D eigenvalue weighted by atomic mass is 10.2. The molecule has 0 saturated carbocycles. The van der Waals surface area contributed by atoms with Gasteiger partial charge in [0.2, 0.25) is 0 Å². The van der Waals surface area contributed by atoms with Gasteiger partial charge >= 0.3 is 5.97 Å². The third kappa shape index (κ3) is 4.63. The van der Waals surface area contributed by atoms with Gasteiger partial charge in [-0.15, -0.1) is 0 Å². The quantitative estimate of drug-likeness (QED) is 0.844. The molecule has 0 radical (unpaired) electrons. The van der Waals surface area contributed by atoms with Gasteiger partial charge in [-0.05, 0) is 47.5 Å². The lowest BCUT2D eigenvalue weighted by Crippen LogP contribution is -2.36. The molecule has 0 aliphatic rings. The fourth-order valence-electron chi connectivity index (χ4n) is 1.32. The summed E-state index contributed by atoms with van der Waals surface area (Å²) >= 11 is 3.13. The predicted octanol–water partition coefficient (Wildman–Crippen LogP) is 2.66. The Morgan fingerprint density at radius 3 is 2.79 bits per heavy atom. The smallest absolute Gasteiger partial charge is 0.340 e. The maximum Gasteiger partial charge on any atom is 0.340 e. The Morgan fingerprint density at radius 2 is 2.16 bits per heavy atom. The molecule has 0 unspecified atom stereocenters. The number of carbonyl (C=O) groups excluding carboxylic acids is 2. The van der Waals surface area contributed by atoms with Crippen molar-refractivity contribution in [1.82, 2.24) is 5.32 Å². The second-order valence-electron chi connectivity index (χ2n) is 3.96. The van der Waals surface area contributed by atoms with Crippen LogP contribution in [0.1, 0.15) is 30.6 Å². The molecule has 0 spiro atoms. The van der Waals surface area contributed by atoms with Gasteiger partial charge in [0, 0.05) is 11.0 Å². The molecule has 19 heavy (non-hydrogen) atoms. The highest BCUT2D eigenvalue weighted by Crippen LogP contribution is 2.19. The van der Waals surface area contributed by atoms with Gasteiger partial charge in [-0.3, -0.25) is 4.79 Å². The molecular formula is C13H15BrFNO3. The Bertz CT molecular complexity index is 479. The summed E-state index contributed by atoms with van der Waals surface area (Å²) in [5.74, 6) is -1.66. The normalized spacial score (nSPS) is 11.8. The van der Waals surface area contributed by atoms with Crippen LogP contribution in [0.3, 0.4) is 0 Å². The summed E-state index contributed by atoms with van der Waals surface area (Å²) in [6.07, 6.45) is -0.129. The summed E-state index contributed by atoms with van der Waals surface area (Å²) in [6.45, 7) is 3.90. The van der Waals surface area contributed by atoms with Gasteiger partial charge in [-0.1, -0.05) is 6.92 Å². The third-order valence-corrected chi connectivity index (χ3v) is 3.04. The first kappa shape index (κ1) is 15.6. The van der Waals surface area contributed by atoms with Gasteiger partial charge in [-0.25, -0.2) is 9.18 Å². The Hall–Kier alpha value is -1.43. The number of halogens is 2. The number of ether oxygens (including phenoxy) is 1. The lowest BCUT2D eigenvalue weighted by Gasteiger charge is -2.13. The predicted molar refractivity (Wildman–Crippen MR) is 72.3 cm³/mol. The van der Waals surface area contributed by atoms with Crippen molar-refractivity contribution in [2.24, 2.45) is 0 Å². The van der Waals surface area contributed by atoms with E-state index in [2.05, 4.69) is 21.2 Å². The van der Waals surface area contributed by atoms with E-state index in [0.29, 0.717) is 11.0 Å². The number of hydrogen-bond donors (Lipinski definition) is 1. The molecule has 1 rings (SSSR count). The highest BCUT2D eigenvalue weighted by Gasteiger charge is 2.20. The molecule has 1 N–H and O–H groups in total. The summed E-state index contributed by atoms with van der Waals surface area (Å²) in [5, 5.41) is 2.61. The maximum absolute atomic E-state index is 13.1. The summed E-state index contributed by atoms with van der Waals surface area (Å²) < 4.78 is 18.5. The van der Waals surface area contributed by atoms with Crippen LogP contribution in [0.4, 0.5) is 4.39 Å². The minimum atomic E-state index is -0.922. The summed E-state index contributed by atoms with van der Waals surface area (Å²) in [7, 11) is 0. The van der Waals surface area contributed by atoms with Crippen LogP contribution in [0.5, 0.6) is 0 Å². The number of carbonyl (C=O) groups is 2. The highest BCUT2D eigenvalue weighted by atomic mass is 79.9. The molecule has 1 amide bonds. The molecule has 0 aromatic heterocycles. The number of nitrogens with one attached hydrogen (secondary N) is 1. The van der Waals surface area contributed by atoms with E-state index in [0.717, 1.165) is 12.5 Å². The molecule has 0 saturated heterocycles. The molecule has 0 heterocycles. The van der Waals surface area contributed by atoms with Gasteiger partial charge in [0.1, 0.15) is 5.82 Å². The van der Waals surface area contributed by atoms with Crippen LogP contribution in [-0.2, 0) is 9.53 Å². The highest BCUT2D eigenvalue weighted by molar-refractivity contribution is 9.10. The minimum Gasteiger partial charge on any atom is -0.449 e. The molecule has 6 heteroatoms. The van der Waals surface area contributed by atoms with Crippen molar-refractivity contribution in [3.8, 4) is 0 Å². The van der Waals surface area contributed by atoms with Crippen LogP contribution in [0.15, 0.2) is 22.7 Å². The zero-order valence-electron chi connectivity index (χ0n) is 10.7. The van der Waals surface area contributed by atoms with E-state index in [4.69, 9.17) is 4.74 Å². The number of rotatable bonds is 5. The maximum atomic E-state index is 13.1. The van der Waals surface area contributed by atoms with Crippen molar-refractivity contribution in [2.75, 3.05) is 6.54 Å². The van der Waals surface area contributed by atoms with Crippen LogP contribution < -0.4 is 5.32 Å². The Morgan fingerprint density at radius 1 is 1.47 bits per heavy atom. The minimum absolute atomic E-state index is 0.0511. The van der Waals surface area contributed by atoms with Gasteiger partial charge in [0.05, 0.1) is 5.56 Å². The van der Waals surface area contributed by atoms with E-state index in [9.17, 15) is 14.0 Å². The third-order valence-electron chi connectivity index (χ3n) is 2.35. The number of esters is 1. The summed E-state index contributed by atoms with van der Waals surface area (Å²) in [4.78, 5) is 23.4. The molecule has 0 aliphatic heterocycles. The van der Waals surface area contributed by atoms with Gasteiger partial charge in [-0.2, -0.15) is 0 Å². The lowest BCUT2D eigenvalue weighted by molar-refractivity contribution is -0.129. The first-order valence-electron chi connectivity index (χ1n) is 5.89. The fourth-order valence-corrected chi connectivity index (χ4v) is 1.73. The van der Waals surface area contributed by atoms with Crippen molar-refractivity contribution in [3.05, 3.63) is 34.1 Å². The zero-order valence-corrected chi connectivity index (χ0v) is 12.3. The molecule has 0 fully saturated rings. The molecule has 1 aromatic rings. The van der Waals surface area contributed by atoms with E-state index in [1.54, 1.807) is 0 Å². The second kappa shape index (κ2) is 7.23. The van der Waals surface area contributed by atoms with E-state index in [1.165, 1.54) is 19.1 Å². The molecule has 104 valence electrons. The van der Waals surface area contributed by atoms with Crippen LogP contribution in [-0.4, -0.2) is 24.5 Å². The second-order valence-corrected chi connectivity index (χ2v) is 4.82. The average Bonchev–Trinajstić information content (AvgIpc) is 2.38. The first-order valence-corrected chi connectivity index (χ1v) is 6.68. The van der Waals surface area contributed by atoms with Crippen LogP contribution in [0, 0.1) is 5.82 Å². The zero-order chi connectivity index (χ0) is 14.4. The topological polar surface area (TPSA) is 55.4 Å². The SMILES string of the molecule is CCCNC(=O)[C@@H](C)OC(=O)c1cc(F)ccc1Br. The first-order chi connectivity index (χ1) is 8.95. The summed E-state index contributed by atoms with van der Waals surface area (Å²) in [6, 6.07) is 3.69. The Kier molecular flexibility index (Phi) is 5.95. The number of amides is 1. The average molecular weight is 332 g/mol. The van der Waals surface area contributed by atoms with E-state index in [1.807, 2.05) is 6.92 Å². The molecular weight excluding hydrogens is 317 g/mol. The number of hydrogen-bond acceptors (Lipinski definition) is 3. The Balaban J connectivity index is 2.68. The summed E-state index contributed by atoms with van der Waals surface area (Å²) in [5.41, 5.74) is 0.0511. The van der Waals surface area contributed by atoms with E-state index < -0.39 is 17.9 Å². The van der Waals surface area contributed by atoms with Gasteiger partial charge in [0.15, 0.2) is 6.10 Å². The Labute approximate surface area is 119 Å². The van der Waals surface area contributed by atoms with Crippen molar-refractivity contribution >= 4 is 27.8 Å². The van der Waals surface area contributed by atoms with Crippen molar-refractivity contribution in [1.29, 1.82) is 0 Å². The molecule has 0 aliphatic carbocycles. The molecule has 4 nitrogen and oxygen atoms in total. The van der Waals surface area contributed by atoms with Gasteiger partial charge in [0.25, 0.3) is 5.91 Å². The monoisotopic (exact) mass is 331 g/mol. The number of benzene rings is 1. The standard InChI is InChI=1S/C13H15BrFNO3/c1-3-6-16-12(17)8(2)19-13(18)10-7-9(15)4-5-11(10)14/h4-5,7-8H,3,6H2,1-2H3,(H,16,17)/t8-/m1/s1. The van der Waals surface area contributed by atoms with Crippen LogP contribution in [0.25, 0.3) is 0 Å². The van der Waals surface area contributed by atoms with Crippen molar-refractivity contribution in [2.45, 2.75) is 26.4 Å². The fraction of sp³-hybridized carbons (Fsp3) is 0.385. The van der Waals surface area contributed by atoms with Crippen LogP contribution >= 0.6 is 15.9 Å². The van der Waals surface area contributed by atoms with E-state index in [-0.39, 0.29) is 11.5 Å². The molecule has 1 aromatic carbocycles. The van der Waals surface area contributed by atoms with Gasteiger partial charge < -0.3 is 10.1 Å². The molecule has 0 bridgehead atoms. The molecule has 1 atom stereocenters.